The van der Waals surface area contributed by atoms with Gasteiger partial charge in [0.15, 0.2) is 23.3 Å². The van der Waals surface area contributed by atoms with Crippen LogP contribution >= 0.6 is 0 Å². The van der Waals surface area contributed by atoms with Gasteiger partial charge in [-0.25, -0.2) is 24.9 Å². The molecule has 266 valence electrons. The molecule has 9 aromatic rings. The smallest absolute Gasteiger partial charge is 0.164 e. The van der Waals surface area contributed by atoms with Crippen LogP contribution in [-0.2, 0) is 0 Å². The molecular weight excluding hydrogens is 685 g/mol. The maximum atomic E-state index is 5.35. The van der Waals surface area contributed by atoms with Crippen molar-refractivity contribution in [3.63, 3.8) is 0 Å². The summed E-state index contributed by atoms with van der Waals surface area (Å²) in [7, 11) is 0. The highest BCUT2D eigenvalue weighted by atomic mass is 15.1. The molecule has 3 heterocycles. The monoisotopic (exact) mass is 720 g/mol. The van der Waals surface area contributed by atoms with Gasteiger partial charge in [0.05, 0.1) is 16.7 Å². The van der Waals surface area contributed by atoms with Crippen LogP contribution in [0.3, 0.4) is 0 Å². The Bertz CT molecular complexity index is 2830. The molecule has 3 saturated carbocycles. The standard InChI is InChI=1S/C50H36N6/c1-4-14-30(15-5-1)47-51-41(29-44(52-47)56-42-22-12-10-20-37(42)38-21-11-13-23-43(38)56)33-24-34(45-39-27-35-28-40(45)46(35)39)26-36(25-33)50-54-48(31-16-6-2-7-17-31)53-49(55-50)32-18-8-3-9-19-32/h1-26,29,35,39-40,45-46H,27-28H2. The van der Waals surface area contributed by atoms with Crippen molar-refractivity contribution in [3.8, 4) is 62.6 Å². The van der Waals surface area contributed by atoms with Crippen LogP contribution < -0.4 is 0 Å². The fourth-order valence-electron chi connectivity index (χ4n) is 10.1. The van der Waals surface area contributed by atoms with Gasteiger partial charge in [-0.15, -0.1) is 0 Å². The van der Waals surface area contributed by atoms with E-state index < -0.39 is 0 Å². The molecule has 0 aliphatic heterocycles. The molecular formula is C50H36N6. The Balaban J connectivity index is 1.09. The van der Waals surface area contributed by atoms with E-state index in [1.165, 1.54) is 29.2 Å². The molecule has 6 nitrogen and oxygen atoms in total. The molecule has 2 unspecified atom stereocenters. The van der Waals surface area contributed by atoms with Crippen molar-refractivity contribution in [2.24, 2.45) is 23.7 Å². The zero-order valence-electron chi connectivity index (χ0n) is 30.6. The number of nitrogens with zero attached hydrogens (tertiary/aromatic N) is 6. The molecule has 6 heteroatoms. The molecule has 0 radical (unpaired) electrons. The number of aromatic nitrogens is 6. The van der Waals surface area contributed by atoms with Crippen molar-refractivity contribution in [2.75, 3.05) is 0 Å². The lowest BCUT2D eigenvalue weighted by atomic mass is 9.31. The lowest BCUT2D eigenvalue weighted by Gasteiger charge is -2.73. The molecule has 6 aromatic carbocycles. The largest absolute Gasteiger partial charge is 0.294 e. The first kappa shape index (κ1) is 31.5. The van der Waals surface area contributed by atoms with Gasteiger partial charge < -0.3 is 0 Å². The lowest BCUT2D eigenvalue weighted by molar-refractivity contribution is -0.214. The molecule has 56 heavy (non-hydrogen) atoms. The molecule has 0 saturated heterocycles. The summed E-state index contributed by atoms with van der Waals surface area (Å²) < 4.78 is 2.29. The van der Waals surface area contributed by atoms with Gasteiger partial charge in [0.25, 0.3) is 0 Å². The minimum atomic E-state index is 0.542. The van der Waals surface area contributed by atoms with Crippen molar-refractivity contribution >= 4 is 21.8 Å². The summed E-state index contributed by atoms with van der Waals surface area (Å²) in [5.74, 6) is 7.42. The Kier molecular flexibility index (Phi) is 6.97. The van der Waals surface area contributed by atoms with E-state index in [4.69, 9.17) is 24.9 Å². The first-order valence-corrected chi connectivity index (χ1v) is 19.7. The lowest BCUT2D eigenvalue weighted by Crippen LogP contribution is -2.65. The van der Waals surface area contributed by atoms with Crippen LogP contribution in [0.15, 0.2) is 164 Å². The summed E-state index contributed by atoms with van der Waals surface area (Å²) in [6.45, 7) is 0. The minimum absolute atomic E-state index is 0.542. The van der Waals surface area contributed by atoms with Crippen LogP contribution in [-0.4, -0.2) is 29.5 Å². The Morgan fingerprint density at radius 3 is 1.39 bits per heavy atom. The summed E-state index contributed by atoms with van der Waals surface area (Å²) in [5.41, 5.74) is 9.38. The molecule has 0 bridgehead atoms. The second-order valence-electron chi connectivity index (χ2n) is 15.7. The van der Waals surface area contributed by atoms with E-state index in [0.29, 0.717) is 29.2 Å². The highest BCUT2D eigenvalue weighted by Crippen LogP contribution is 2.75. The number of fused-ring (bicyclic) bond motifs is 3. The SMILES string of the molecule is c1ccc(-c2nc(-c3cc(-c4nc(-c5ccccc5)nc(-c5ccccc5)n4)cc(C4C5CC6CC4C65)c3)cc(-n3c4ccccc4c4ccccc43)n2)cc1. The Morgan fingerprint density at radius 1 is 0.411 bits per heavy atom. The van der Waals surface area contributed by atoms with E-state index in [0.717, 1.165) is 74.0 Å². The van der Waals surface area contributed by atoms with Crippen LogP contribution in [0.4, 0.5) is 0 Å². The zero-order valence-corrected chi connectivity index (χ0v) is 30.6. The molecule has 0 N–H and O–H groups in total. The van der Waals surface area contributed by atoms with Gasteiger partial charge in [-0.3, -0.25) is 4.57 Å². The van der Waals surface area contributed by atoms with Crippen molar-refractivity contribution < 1.29 is 0 Å². The summed E-state index contributed by atoms with van der Waals surface area (Å²) in [5, 5.41) is 2.40. The molecule has 3 aromatic heterocycles. The molecule has 3 aliphatic carbocycles. The molecule has 2 atom stereocenters. The quantitative estimate of drug-likeness (QED) is 0.164. The van der Waals surface area contributed by atoms with Gasteiger partial charge in [-0.2, -0.15) is 0 Å². The highest BCUT2D eigenvalue weighted by Gasteiger charge is 2.67. The minimum Gasteiger partial charge on any atom is -0.294 e. The topological polar surface area (TPSA) is 69.4 Å². The number of hydrogen-bond acceptors (Lipinski definition) is 5. The average Bonchev–Trinajstić information content (AvgIpc) is 3.61. The van der Waals surface area contributed by atoms with Gasteiger partial charge in [-0.05, 0) is 78.3 Å². The third-order valence-electron chi connectivity index (χ3n) is 12.8. The van der Waals surface area contributed by atoms with Crippen LogP contribution in [0.5, 0.6) is 0 Å². The Morgan fingerprint density at radius 2 is 0.875 bits per heavy atom. The maximum Gasteiger partial charge on any atom is 0.164 e. The Labute approximate surface area is 324 Å². The van der Waals surface area contributed by atoms with Gasteiger partial charge in [0.2, 0.25) is 0 Å². The highest BCUT2D eigenvalue weighted by molar-refractivity contribution is 6.09. The Hall–Kier alpha value is -6.79. The second kappa shape index (κ2) is 12.4. The van der Waals surface area contributed by atoms with Crippen molar-refractivity contribution in [2.45, 2.75) is 18.8 Å². The summed E-state index contributed by atoms with van der Waals surface area (Å²) >= 11 is 0. The summed E-state index contributed by atoms with van der Waals surface area (Å²) in [6.07, 6.45) is 2.69. The number of benzene rings is 6. The maximum absolute atomic E-state index is 5.35. The van der Waals surface area contributed by atoms with E-state index in [2.05, 4.69) is 126 Å². The molecule has 0 amide bonds. The average molecular weight is 721 g/mol. The van der Waals surface area contributed by atoms with Crippen molar-refractivity contribution in [1.82, 2.24) is 29.5 Å². The predicted octanol–water partition coefficient (Wildman–Crippen LogP) is 11.5. The molecule has 3 aliphatic rings. The first-order chi connectivity index (χ1) is 27.7. The van der Waals surface area contributed by atoms with Crippen LogP contribution in [0.25, 0.3) is 84.4 Å². The molecule has 0 spiro atoms. The van der Waals surface area contributed by atoms with Crippen LogP contribution in [0.2, 0.25) is 0 Å². The van der Waals surface area contributed by atoms with Crippen molar-refractivity contribution in [1.29, 1.82) is 0 Å². The number of para-hydroxylation sites is 2. The van der Waals surface area contributed by atoms with Gasteiger partial charge in [0, 0.05) is 44.7 Å². The third-order valence-corrected chi connectivity index (χ3v) is 12.8. The summed E-state index contributed by atoms with van der Waals surface area (Å²) in [4.78, 5) is 26.0. The predicted molar refractivity (Wildman–Crippen MR) is 223 cm³/mol. The first-order valence-electron chi connectivity index (χ1n) is 19.7. The summed E-state index contributed by atoms with van der Waals surface area (Å²) in [6, 6.07) is 57.1. The number of rotatable bonds is 7. The van der Waals surface area contributed by atoms with E-state index in [-0.39, 0.29) is 0 Å². The zero-order chi connectivity index (χ0) is 36.7. The van der Waals surface area contributed by atoms with Gasteiger partial charge in [0.1, 0.15) is 5.82 Å². The van der Waals surface area contributed by atoms with Crippen LogP contribution in [0, 0.1) is 23.7 Å². The van der Waals surface area contributed by atoms with Gasteiger partial charge in [-0.1, -0.05) is 127 Å². The van der Waals surface area contributed by atoms with Crippen molar-refractivity contribution in [3.05, 3.63) is 169 Å². The van der Waals surface area contributed by atoms with E-state index in [9.17, 15) is 0 Å². The van der Waals surface area contributed by atoms with Crippen LogP contribution in [0.1, 0.15) is 24.3 Å². The normalized spacial score (nSPS) is 20.5. The van der Waals surface area contributed by atoms with E-state index in [1.807, 2.05) is 42.5 Å². The molecule has 12 rings (SSSR count). The van der Waals surface area contributed by atoms with E-state index >= 15 is 0 Å². The third kappa shape index (κ3) is 4.92. The molecule has 3 fully saturated rings. The fourth-order valence-corrected chi connectivity index (χ4v) is 10.1. The van der Waals surface area contributed by atoms with Gasteiger partial charge >= 0.3 is 0 Å². The number of hydrogen-bond donors (Lipinski definition) is 0. The second-order valence-corrected chi connectivity index (χ2v) is 15.7. The fraction of sp³-hybridized carbons (Fsp3) is 0.140. The van der Waals surface area contributed by atoms with E-state index in [1.54, 1.807) is 0 Å².